The van der Waals surface area contributed by atoms with Crippen LogP contribution < -0.4 is 0 Å². The van der Waals surface area contributed by atoms with Crippen molar-refractivity contribution in [2.24, 2.45) is 0 Å². The number of nitrogens with zero attached hydrogens (tertiary/aromatic N) is 6. The zero-order valence-electron chi connectivity index (χ0n) is 15.3. The van der Waals surface area contributed by atoms with Crippen LogP contribution in [0.25, 0.3) is 23.0 Å². The van der Waals surface area contributed by atoms with Crippen molar-refractivity contribution in [3.8, 4) is 23.0 Å². The number of hydrogen-bond acceptors (Lipinski definition) is 4. The van der Waals surface area contributed by atoms with Gasteiger partial charge >= 0.3 is 0 Å². The van der Waals surface area contributed by atoms with Gasteiger partial charge in [-0.25, -0.2) is 19.9 Å². The Morgan fingerprint density at radius 2 is 0.846 bits per heavy atom. The lowest BCUT2D eigenvalue weighted by Crippen LogP contribution is -2.04. The highest BCUT2D eigenvalue weighted by molar-refractivity contribution is 5.52. The van der Waals surface area contributed by atoms with E-state index in [0.717, 1.165) is 34.4 Å². The second-order valence-corrected chi connectivity index (χ2v) is 6.42. The SMILES string of the molecule is Cc1ccc(C)n1-c1cnc(-c2cnc(-n3c(C)ccc3C)cn2)cn1. The molecule has 26 heavy (non-hydrogen) atoms. The molecule has 0 aliphatic heterocycles. The summed E-state index contributed by atoms with van der Waals surface area (Å²) in [6.07, 6.45) is 7.02. The van der Waals surface area contributed by atoms with Gasteiger partial charge in [0.1, 0.15) is 11.4 Å². The van der Waals surface area contributed by atoms with Gasteiger partial charge in [0.25, 0.3) is 0 Å². The van der Waals surface area contributed by atoms with Crippen molar-refractivity contribution in [3.05, 3.63) is 71.8 Å². The minimum atomic E-state index is 0.705. The van der Waals surface area contributed by atoms with E-state index in [0.29, 0.717) is 11.4 Å². The van der Waals surface area contributed by atoms with Gasteiger partial charge in [-0.05, 0) is 52.0 Å². The van der Waals surface area contributed by atoms with E-state index in [9.17, 15) is 0 Å². The lowest BCUT2D eigenvalue weighted by molar-refractivity contribution is 0.901. The van der Waals surface area contributed by atoms with E-state index in [2.05, 4.69) is 81.0 Å². The van der Waals surface area contributed by atoms with E-state index in [4.69, 9.17) is 0 Å². The van der Waals surface area contributed by atoms with Crippen molar-refractivity contribution in [2.45, 2.75) is 27.7 Å². The van der Waals surface area contributed by atoms with Gasteiger partial charge in [-0.3, -0.25) is 0 Å². The first-order chi connectivity index (χ1) is 12.5. The summed E-state index contributed by atoms with van der Waals surface area (Å²) in [6, 6.07) is 8.28. The number of hydrogen-bond donors (Lipinski definition) is 0. The summed E-state index contributed by atoms with van der Waals surface area (Å²) in [7, 11) is 0. The van der Waals surface area contributed by atoms with E-state index >= 15 is 0 Å². The zero-order valence-corrected chi connectivity index (χ0v) is 15.3. The van der Waals surface area contributed by atoms with E-state index in [1.165, 1.54) is 0 Å². The van der Waals surface area contributed by atoms with E-state index < -0.39 is 0 Å². The van der Waals surface area contributed by atoms with Crippen LogP contribution in [-0.4, -0.2) is 29.1 Å². The highest BCUT2D eigenvalue weighted by Crippen LogP contribution is 2.18. The maximum atomic E-state index is 4.55. The van der Waals surface area contributed by atoms with Gasteiger partial charge < -0.3 is 9.13 Å². The Bertz CT molecular complexity index is 928. The Hall–Kier alpha value is -3.28. The Labute approximate surface area is 152 Å². The smallest absolute Gasteiger partial charge is 0.155 e. The third-order valence-corrected chi connectivity index (χ3v) is 4.54. The van der Waals surface area contributed by atoms with Crippen LogP contribution >= 0.6 is 0 Å². The van der Waals surface area contributed by atoms with Crippen molar-refractivity contribution in [1.82, 2.24) is 29.1 Å². The third kappa shape index (κ3) is 2.69. The van der Waals surface area contributed by atoms with Crippen LogP contribution in [-0.2, 0) is 0 Å². The molecule has 0 saturated heterocycles. The molecule has 6 nitrogen and oxygen atoms in total. The first kappa shape index (κ1) is 16.2. The summed E-state index contributed by atoms with van der Waals surface area (Å²) >= 11 is 0. The van der Waals surface area contributed by atoms with Crippen molar-refractivity contribution >= 4 is 0 Å². The summed E-state index contributed by atoms with van der Waals surface area (Å²) in [4.78, 5) is 18.1. The van der Waals surface area contributed by atoms with Gasteiger partial charge in [0, 0.05) is 22.8 Å². The Morgan fingerprint density at radius 3 is 1.12 bits per heavy atom. The van der Waals surface area contributed by atoms with E-state index in [-0.39, 0.29) is 0 Å². The van der Waals surface area contributed by atoms with Crippen molar-refractivity contribution in [3.63, 3.8) is 0 Å². The lowest BCUT2D eigenvalue weighted by Gasteiger charge is -2.09. The molecule has 0 aliphatic carbocycles. The molecule has 0 unspecified atom stereocenters. The Morgan fingerprint density at radius 1 is 0.500 bits per heavy atom. The minimum Gasteiger partial charge on any atom is -0.302 e. The fourth-order valence-corrected chi connectivity index (χ4v) is 3.20. The molecule has 0 aliphatic rings. The van der Waals surface area contributed by atoms with Crippen LogP contribution in [0.2, 0.25) is 0 Å². The molecule has 0 radical (unpaired) electrons. The molecule has 0 N–H and O–H groups in total. The topological polar surface area (TPSA) is 61.4 Å². The fraction of sp³-hybridized carbons (Fsp3) is 0.200. The van der Waals surface area contributed by atoms with Crippen molar-refractivity contribution < 1.29 is 0 Å². The monoisotopic (exact) mass is 344 g/mol. The van der Waals surface area contributed by atoms with Crippen molar-refractivity contribution in [1.29, 1.82) is 0 Å². The molecule has 0 spiro atoms. The molecule has 0 aromatic carbocycles. The van der Waals surface area contributed by atoms with Crippen LogP contribution in [0.15, 0.2) is 49.1 Å². The quantitative estimate of drug-likeness (QED) is 0.568. The molecule has 0 bridgehead atoms. The normalized spacial score (nSPS) is 11.1. The highest BCUT2D eigenvalue weighted by Gasteiger charge is 2.09. The van der Waals surface area contributed by atoms with E-state index in [1.54, 1.807) is 24.8 Å². The minimum absolute atomic E-state index is 0.705. The van der Waals surface area contributed by atoms with Crippen LogP contribution in [0.1, 0.15) is 22.8 Å². The molecule has 0 atom stereocenters. The average Bonchev–Trinajstić information content (AvgIpc) is 3.16. The summed E-state index contributed by atoms with van der Waals surface area (Å²) in [6.45, 7) is 8.21. The van der Waals surface area contributed by atoms with Gasteiger partial charge in [-0.15, -0.1) is 0 Å². The van der Waals surface area contributed by atoms with Gasteiger partial charge in [0.2, 0.25) is 0 Å². The molecule has 4 aromatic rings. The van der Waals surface area contributed by atoms with Gasteiger partial charge in [-0.1, -0.05) is 0 Å². The number of rotatable bonds is 3. The molecule has 0 amide bonds. The molecular formula is C20H20N6. The third-order valence-electron chi connectivity index (χ3n) is 4.54. The second-order valence-electron chi connectivity index (χ2n) is 6.42. The highest BCUT2D eigenvalue weighted by atomic mass is 15.1. The van der Waals surface area contributed by atoms with Crippen molar-refractivity contribution in [2.75, 3.05) is 0 Å². The number of aromatic nitrogens is 6. The second kappa shape index (κ2) is 6.22. The summed E-state index contributed by atoms with van der Waals surface area (Å²) in [5.74, 6) is 1.61. The first-order valence-corrected chi connectivity index (χ1v) is 8.49. The molecule has 4 heterocycles. The standard InChI is InChI=1S/C20H20N6/c1-13-5-6-14(2)25(13)19-11-21-17(9-23-19)18-10-24-20(12-22-18)26-15(3)7-8-16(26)4/h5-12H,1-4H3. The molecule has 4 aromatic heterocycles. The lowest BCUT2D eigenvalue weighted by atomic mass is 10.3. The predicted molar refractivity (Wildman–Crippen MR) is 101 cm³/mol. The summed E-state index contributed by atoms with van der Waals surface area (Å²) in [5, 5.41) is 0. The molecule has 6 heteroatoms. The van der Waals surface area contributed by atoms with E-state index in [1.807, 2.05) is 0 Å². The largest absolute Gasteiger partial charge is 0.302 e. The molecule has 130 valence electrons. The maximum absolute atomic E-state index is 4.55. The molecule has 4 rings (SSSR count). The number of aryl methyl sites for hydroxylation is 4. The molecule has 0 saturated carbocycles. The van der Waals surface area contributed by atoms with Gasteiger partial charge in [0.15, 0.2) is 11.6 Å². The van der Waals surface area contributed by atoms with Gasteiger partial charge in [-0.2, -0.15) is 0 Å². The maximum Gasteiger partial charge on any atom is 0.155 e. The fourth-order valence-electron chi connectivity index (χ4n) is 3.20. The Kier molecular flexibility index (Phi) is 3.88. The summed E-state index contributed by atoms with van der Waals surface area (Å²) < 4.78 is 4.15. The molecular weight excluding hydrogens is 324 g/mol. The average molecular weight is 344 g/mol. The first-order valence-electron chi connectivity index (χ1n) is 8.49. The molecule has 0 fully saturated rings. The predicted octanol–water partition coefficient (Wildman–Crippen LogP) is 3.75. The Balaban J connectivity index is 1.64. The summed E-state index contributed by atoms with van der Waals surface area (Å²) in [5.41, 5.74) is 5.93. The van der Waals surface area contributed by atoms with Crippen LogP contribution in [0.3, 0.4) is 0 Å². The zero-order chi connectivity index (χ0) is 18.3. The van der Waals surface area contributed by atoms with Gasteiger partial charge in [0.05, 0.1) is 24.8 Å². The van der Waals surface area contributed by atoms with Crippen LogP contribution in [0, 0.1) is 27.7 Å². The van der Waals surface area contributed by atoms with Crippen LogP contribution in [0.4, 0.5) is 0 Å². The van der Waals surface area contributed by atoms with Crippen LogP contribution in [0.5, 0.6) is 0 Å².